The first-order valence-electron chi connectivity index (χ1n) is 14.8. The molecule has 12 heteroatoms. The standard InChI is InChI=1S/C31H49NO11/c1-10-11-12-15-37-29(34)41-23(9)22(8)38-28(33)25(32)16-24-13-14-26(42-30(35)39-20(6)18(2)3)27(17-24)43-31(36)40-21(7)19(4)5/h13-14,17-23,25H,10-12,15-16,32H2,1-9H3/t20?,21?,22-,23-,25-/m0/s1. The van der Waals surface area contributed by atoms with Crippen molar-refractivity contribution in [1.29, 1.82) is 0 Å². The van der Waals surface area contributed by atoms with Gasteiger partial charge in [-0.05, 0) is 70.1 Å². The minimum Gasteiger partial charge on any atom is -0.458 e. The smallest absolute Gasteiger partial charge is 0.458 e. The van der Waals surface area contributed by atoms with Crippen molar-refractivity contribution >= 4 is 24.4 Å². The van der Waals surface area contributed by atoms with Crippen LogP contribution in [0.3, 0.4) is 0 Å². The van der Waals surface area contributed by atoms with Gasteiger partial charge in [-0.3, -0.25) is 4.79 Å². The normalized spacial score (nSPS) is 14.6. The minimum atomic E-state index is -1.11. The van der Waals surface area contributed by atoms with Crippen molar-refractivity contribution in [3.63, 3.8) is 0 Å². The van der Waals surface area contributed by atoms with Crippen LogP contribution >= 0.6 is 0 Å². The van der Waals surface area contributed by atoms with E-state index in [-0.39, 0.29) is 36.4 Å². The van der Waals surface area contributed by atoms with Crippen molar-refractivity contribution in [2.75, 3.05) is 6.61 Å². The Hall–Kier alpha value is -3.54. The van der Waals surface area contributed by atoms with Crippen molar-refractivity contribution < 1.29 is 52.3 Å². The molecular formula is C31H49NO11. The first kappa shape index (κ1) is 37.5. The Kier molecular flexibility index (Phi) is 16.5. The van der Waals surface area contributed by atoms with Crippen molar-refractivity contribution in [3.8, 4) is 11.5 Å². The fourth-order valence-corrected chi connectivity index (χ4v) is 3.14. The van der Waals surface area contributed by atoms with E-state index in [1.165, 1.54) is 12.1 Å². The number of hydrogen-bond donors (Lipinski definition) is 1. The molecule has 0 radical (unpaired) electrons. The highest BCUT2D eigenvalue weighted by atomic mass is 16.8. The molecule has 2 unspecified atom stereocenters. The van der Waals surface area contributed by atoms with Crippen LogP contribution in [0.5, 0.6) is 11.5 Å². The first-order chi connectivity index (χ1) is 20.1. The number of esters is 1. The Bertz CT molecular complexity index is 1040. The number of rotatable bonds is 16. The van der Waals surface area contributed by atoms with Gasteiger partial charge < -0.3 is 38.9 Å². The van der Waals surface area contributed by atoms with E-state index in [0.29, 0.717) is 5.56 Å². The molecule has 0 saturated carbocycles. The van der Waals surface area contributed by atoms with E-state index in [1.54, 1.807) is 33.8 Å². The third-order valence-electron chi connectivity index (χ3n) is 6.81. The number of ether oxygens (including phenoxy) is 7. The van der Waals surface area contributed by atoms with Crippen LogP contribution in [-0.4, -0.2) is 61.5 Å². The van der Waals surface area contributed by atoms with Gasteiger partial charge in [0.2, 0.25) is 0 Å². The summed E-state index contributed by atoms with van der Waals surface area (Å²) in [5.74, 6) is -0.852. The predicted octanol–water partition coefficient (Wildman–Crippen LogP) is 6.34. The highest BCUT2D eigenvalue weighted by Gasteiger charge is 2.26. The number of carbonyl (C=O) groups is 4. The first-order valence-corrected chi connectivity index (χ1v) is 14.8. The Morgan fingerprint density at radius 3 is 1.72 bits per heavy atom. The monoisotopic (exact) mass is 611 g/mol. The van der Waals surface area contributed by atoms with Crippen molar-refractivity contribution in [3.05, 3.63) is 23.8 Å². The summed E-state index contributed by atoms with van der Waals surface area (Å²) >= 11 is 0. The summed E-state index contributed by atoms with van der Waals surface area (Å²) in [6, 6.07) is 3.25. The van der Waals surface area contributed by atoms with Crippen molar-refractivity contribution in [2.24, 2.45) is 17.6 Å². The van der Waals surface area contributed by atoms with Crippen molar-refractivity contribution in [2.45, 2.75) is 118 Å². The molecule has 1 rings (SSSR count). The van der Waals surface area contributed by atoms with E-state index in [0.717, 1.165) is 19.3 Å². The summed E-state index contributed by atoms with van der Waals surface area (Å²) in [5.41, 5.74) is 6.58. The topological polar surface area (TPSA) is 159 Å². The summed E-state index contributed by atoms with van der Waals surface area (Å²) in [5, 5.41) is 0. The quantitative estimate of drug-likeness (QED) is 0.0958. The van der Waals surface area contributed by atoms with E-state index in [1.807, 2.05) is 34.6 Å². The van der Waals surface area contributed by atoms with Crippen LogP contribution in [0.1, 0.15) is 87.1 Å². The molecule has 43 heavy (non-hydrogen) atoms. The molecule has 0 amide bonds. The zero-order valence-electron chi connectivity index (χ0n) is 26.9. The largest absolute Gasteiger partial charge is 0.514 e. The average molecular weight is 612 g/mol. The van der Waals surface area contributed by atoms with Gasteiger partial charge in [0.25, 0.3) is 0 Å². The Morgan fingerprint density at radius 1 is 0.674 bits per heavy atom. The van der Waals surface area contributed by atoms with Gasteiger partial charge in [0.05, 0.1) is 6.61 Å². The van der Waals surface area contributed by atoms with Gasteiger partial charge in [0.1, 0.15) is 30.5 Å². The van der Waals surface area contributed by atoms with Gasteiger partial charge in [-0.2, -0.15) is 0 Å². The maximum absolute atomic E-state index is 12.7. The number of carbonyl (C=O) groups excluding carboxylic acids is 4. The van der Waals surface area contributed by atoms with Crippen LogP contribution in [0.2, 0.25) is 0 Å². The molecule has 2 N–H and O–H groups in total. The van der Waals surface area contributed by atoms with E-state index < -0.39 is 54.9 Å². The molecular weight excluding hydrogens is 562 g/mol. The Balaban J connectivity index is 2.92. The summed E-state index contributed by atoms with van der Waals surface area (Å²) in [4.78, 5) is 49.4. The zero-order chi connectivity index (χ0) is 32.7. The summed E-state index contributed by atoms with van der Waals surface area (Å²) < 4.78 is 36.8. The lowest BCUT2D eigenvalue weighted by Crippen LogP contribution is -2.39. The van der Waals surface area contributed by atoms with Crippen LogP contribution in [0.25, 0.3) is 0 Å². The van der Waals surface area contributed by atoms with Gasteiger partial charge in [0.15, 0.2) is 11.5 Å². The summed E-state index contributed by atoms with van der Waals surface area (Å²) in [7, 11) is 0. The van der Waals surface area contributed by atoms with Gasteiger partial charge in [-0.1, -0.05) is 53.5 Å². The fraction of sp³-hybridized carbons (Fsp3) is 0.677. The number of hydrogen-bond acceptors (Lipinski definition) is 12. The molecule has 1 aromatic rings. The third kappa shape index (κ3) is 14.5. The van der Waals surface area contributed by atoms with Gasteiger partial charge in [-0.25, -0.2) is 14.4 Å². The van der Waals surface area contributed by atoms with Crippen LogP contribution < -0.4 is 15.2 Å². The molecule has 0 aliphatic heterocycles. The highest BCUT2D eigenvalue weighted by Crippen LogP contribution is 2.30. The molecule has 0 saturated heterocycles. The molecule has 0 bridgehead atoms. The predicted molar refractivity (Wildman–Crippen MR) is 158 cm³/mol. The summed E-state index contributed by atoms with van der Waals surface area (Å²) in [6.45, 7) is 16.4. The second-order valence-electron chi connectivity index (χ2n) is 11.2. The highest BCUT2D eigenvalue weighted by molar-refractivity contribution is 5.76. The lowest BCUT2D eigenvalue weighted by atomic mass is 10.1. The molecule has 5 atom stereocenters. The van der Waals surface area contributed by atoms with Gasteiger partial charge >= 0.3 is 24.4 Å². The van der Waals surface area contributed by atoms with Crippen LogP contribution in [0.15, 0.2) is 18.2 Å². The molecule has 0 spiro atoms. The number of nitrogens with two attached hydrogens (primary N) is 1. The van der Waals surface area contributed by atoms with Crippen molar-refractivity contribution in [1.82, 2.24) is 0 Å². The average Bonchev–Trinajstić information content (AvgIpc) is 2.92. The fourth-order valence-electron chi connectivity index (χ4n) is 3.14. The molecule has 1 aromatic carbocycles. The number of unbranched alkanes of at least 4 members (excludes halogenated alkanes) is 2. The molecule has 0 fully saturated rings. The van der Waals surface area contributed by atoms with E-state index >= 15 is 0 Å². The van der Waals surface area contributed by atoms with Gasteiger partial charge in [-0.15, -0.1) is 0 Å². The molecule has 12 nitrogen and oxygen atoms in total. The summed E-state index contributed by atoms with van der Waals surface area (Å²) in [6.07, 6.45) is -2.58. The third-order valence-corrected chi connectivity index (χ3v) is 6.81. The zero-order valence-corrected chi connectivity index (χ0v) is 26.9. The maximum atomic E-state index is 12.7. The number of benzene rings is 1. The van der Waals surface area contributed by atoms with Crippen LogP contribution in [0.4, 0.5) is 14.4 Å². The van der Waals surface area contributed by atoms with Crippen LogP contribution in [-0.2, 0) is 34.9 Å². The second-order valence-corrected chi connectivity index (χ2v) is 11.2. The lowest BCUT2D eigenvalue weighted by molar-refractivity contribution is -0.155. The molecule has 0 aliphatic rings. The molecule has 0 aromatic heterocycles. The Labute approximate surface area is 254 Å². The van der Waals surface area contributed by atoms with Crippen LogP contribution in [0, 0.1) is 11.8 Å². The minimum absolute atomic E-state index is 0.0107. The second kappa shape index (κ2) is 18.9. The SMILES string of the molecule is CCCCCOC(=O)O[C@@H](C)[C@H](C)OC(=O)[C@@H](N)Cc1ccc(OC(=O)OC(C)C(C)C)c(OC(=O)OC(C)C(C)C)c1. The molecule has 0 heterocycles. The molecule has 0 aliphatic carbocycles. The van der Waals surface area contributed by atoms with E-state index in [9.17, 15) is 19.2 Å². The van der Waals surface area contributed by atoms with E-state index in [4.69, 9.17) is 38.9 Å². The lowest BCUT2D eigenvalue weighted by Gasteiger charge is -2.22. The molecule has 244 valence electrons. The van der Waals surface area contributed by atoms with E-state index in [2.05, 4.69) is 0 Å². The Morgan fingerprint density at radius 2 is 1.19 bits per heavy atom. The van der Waals surface area contributed by atoms with Gasteiger partial charge in [0, 0.05) is 0 Å². The maximum Gasteiger partial charge on any atom is 0.514 e.